The molecule has 0 saturated carbocycles. The molecule has 29 heavy (non-hydrogen) atoms. The summed E-state index contributed by atoms with van der Waals surface area (Å²) in [4.78, 5) is 10.1. The van der Waals surface area contributed by atoms with Crippen molar-refractivity contribution in [1.29, 1.82) is 0 Å². The van der Waals surface area contributed by atoms with Crippen LogP contribution < -0.4 is 5.11 Å². The van der Waals surface area contributed by atoms with E-state index < -0.39 is 11.4 Å². The molecule has 0 aromatic rings. The molecule has 0 aromatic carbocycles. The summed E-state index contributed by atoms with van der Waals surface area (Å²) in [6.45, 7) is 29.7. The van der Waals surface area contributed by atoms with Gasteiger partial charge in [-0.2, -0.15) is 0 Å². The highest BCUT2D eigenvalue weighted by Crippen LogP contribution is 2.21. The van der Waals surface area contributed by atoms with Crippen molar-refractivity contribution in [3.8, 4) is 0 Å². The molecule has 3 nitrogen and oxygen atoms in total. The number of nitrogens with zero attached hydrogens (tertiary/aromatic N) is 1. The molecule has 176 valence electrons. The normalized spacial score (nSPS) is 12.7. The highest BCUT2D eigenvalue weighted by Gasteiger charge is 2.27. The summed E-state index contributed by atoms with van der Waals surface area (Å²) in [6.07, 6.45) is 6.15. The molecule has 0 rings (SSSR count). The van der Waals surface area contributed by atoms with Crippen LogP contribution in [0.5, 0.6) is 0 Å². The Hall–Kier alpha value is -0.570. The first kappa shape index (κ1) is 30.6. The first-order chi connectivity index (χ1) is 13.2. The van der Waals surface area contributed by atoms with Gasteiger partial charge in [0.1, 0.15) is 0 Å². The number of rotatable bonds is 14. The second-order valence-electron chi connectivity index (χ2n) is 11.5. The largest absolute Gasteiger partial charge is 0.550 e. The van der Waals surface area contributed by atoms with E-state index in [0.717, 1.165) is 23.7 Å². The summed E-state index contributed by atoms with van der Waals surface area (Å²) in [5.41, 5.74) is -0.653. The van der Waals surface area contributed by atoms with Gasteiger partial charge in [0, 0.05) is 11.4 Å². The minimum absolute atomic E-state index is 0.620. The predicted molar refractivity (Wildman–Crippen MR) is 127 cm³/mol. The van der Waals surface area contributed by atoms with Gasteiger partial charge in [-0.1, -0.05) is 76.2 Å². The SMILES string of the molecule is CC(C)CC[N+](CCC(C)C)(CCC(C)C)CCC(C)C.CCC(C)(C)C(=O)[O-]. The third-order valence-electron chi connectivity index (χ3n) is 6.16. The third-order valence-corrected chi connectivity index (χ3v) is 6.16. The lowest BCUT2D eigenvalue weighted by molar-refractivity contribution is -0.930. The number of carboxylic acids is 1. The summed E-state index contributed by atoms with van der Waals surface area (Å²) < 4.78 is 1.38. The number of aliphatic carboxylic acids is 1. The summed E-state index contributed by atoms with van der Waals surface area (Å²) in [5.74, 6) is 2.36. The fraction of sp³-hybridized carbons (Fsp3) is 0.962. The molecule has 0 unspecified atom stereocenters. The molecule has 0 radical (unpaired) electrons. The molecular weight excluding hydrogens is 358 g/mol. The van der Waals surface area contributed by atoms with Crippen LogP contribution >= 0.6 is 0 Å². The van der Waals surface area contributed by atoms with Crippen LogP contribution in [0.2, 0.25) is 0 Å². The van der Waals surface area contributed by atoms with Crippen molar-refractivity contribution in [3.05, 3.63) is 0 Å². The van der Waals surface area contributed by atoms with E-state index in [-0.39, 0.29) is 0 Å². The summed E-state index contributed by atoms with van der Waals surface area (Å²) in [7, 11) is 0. The Morgan fingerprint density at radius 2 is 0.931 bits per heavy atom. The van der Waals surface area contributed by atoms with Gasteiger partial charge in [-0.05, 0) is 55.8 Å². The maximum Gasteiger partial charge on any atom is 0.0789 e. The first-order valence-electron chi connectivity index (χ1n) is 12.2. The second-order valence-corrected chi connectivity index (χ2v) is 11.5. The van der Waals surface area contributed by atoms with Crippen LogP contribution in [-0.2, 0) is 4.79 Å². The van der Waals surface area contributed by atoms with Crippen LogP contribution in [0.1, 0.15) is 108 Å². The molecule has 0 N–H and O–H groups in total. The second kappa shape index (κ2) is 15.3. The van der Waals surface area contributed by atoms with Crippen molar-refractivity contribution in [2.45, 2.75) is 108 Å². The average molecular weight is 414 g/mol. The molecule has 0 bridgehead atoms. The molecule has 0 spiro atoms. The van der Waals surface area contributed by atoms with Gasteiger partial charge in [0.05, 0.1) is 26.2 Å². The zero-order valence-electron chi connectivity index (χ0n) is 21.9. The number of hydrogen-bond donors (Lipinski definition) is 0. The Morgan fingerprint density at radius 1 is 0.690 bits per heavy atom. The first-order valence-corrected chi connectivity index (χ1v) is 12.2. The highest BCUT2D eigenvalue weighted by molar-refractivity contribution is 5.71. The minimum Gasteiger partial charge on any atom is -0.550 e. The van der Waals surface area contributed by atoms with Crippen molar-refractivity contribution in [1.82, 2.24) is 0 Å². The van der Waals surface area contributed by atoms with Gasteiger partial charge in [0.15, 0.2) is 0 Å². The van der Waals surface area contributed by atoms with E-state index in [4.69, 9.17) is 0 Å². The zero-order chi connectivity index (χ0) is 23.3. The minimum atomic E-state index is -0.972. The van der Waals surface area contributed by atoms with E-state index in [1.165, 1.54) is 56.3 Å². The summed E-state index contributed by atoms with van der Waals surface area (Å²) in [5, 5.41) is 10.1. The van der Waals surface area contributed by atoms with Crippen LogP contribution in [0.4, 0.5) is 0 Å². The predicted octanol–water partition coefficient (Wildman–Crippen LogP) is 6.16. The molecule has 0 heterocycles. The van der Waals surface area contributed by atoms with E-state index in [2.05, 4.69) is 55.4 Å². The van der Waals surface area contributed by atoms with Gasteiger partial charge in [-0.25, -0.2) is 0 Å². The molecule has 0 aliphatic rings. The molecule has 0 aliphatic carbocycles. The van der Waals surface area contributed by atoms with Crippen molar-refractivity contribution in [3.63, 3.8) is 0 Å². The summed E-state index contributed by atoms with van der Waals surface area (Å²) >= 11 is 0. The fourth-order valence-corrected chi connectivity index (χ4v) is 2.94. The molecule has 0 aliphatic heterocycles. The zero-order valence-corrected chi connectivity index (χ0v) is 21.9. The quantitative estimate of drug-likeness (QED) is 0.320. The Morgan fingerprint density at radius 3 is 1.03 bits per heavy atom. The van der Waals surface area contributed by atoms with Crippen molar-refractivity contribution < 1.29 is 14.4 Å². The Labute approximate surface area is 184 Å². The van der Waals surface area contributed by atoms with Gasteiger partial charge >= 0.3 is 0 Å². The molecule has 0 aromatic heterocycles. The van der Waals surface area contributed by atoms with E-state index in [0.29, 0.717) is 6.42 Å². The van der Waals surface area contributed by atoms with E-state index in [9.17, 15) is 9.90 Å². The molecular formula is C26H55NO2. The lowest BCUT2D eigenvalue weighted by Crippen LogP contribution is -2.52. The Kier molecular flexibility index (Phi) is 16.1. The molecule has 0 saturated heterocycles. The van der Waals surface area contributed by atoms with Gasteiger partial charge in [-0.3, -0.25) is 0 Å². The van der Waals surface area contributed by atoms with Crippen molar-refractivity contribution >= 4 is 5.97 Å². The van der Waals surface area contributed by atoms with Crippen LogP contribution in [0.15, 0.2) is 0 Å². The van der Waals surface area contributed by atoms with Crippen molar-refractivity contribution in [2.75, 3.05) is 26.2 Å². The standard InChI is InChI=1S/C20H44N.C6H12O2/c1-17(2)9-13-21(14-10-18(3)4,15-11-19(5)6)16-12-20(7)8;1-4-6(2,3)5(7)8/h17-20H,9-16H2,1-8H3;4H2,1-3H3,(H,7,8)/q+1;/p-1. The monoisotopic (exact) mass is 413 g/mol. The number of quaternary nitrogens is 1. The Balaban J connectivity index is 0. The van der Waals surface area contributed by atoms with E-state index in [1.807, 2.05) is 6.92 Å². The van der Waals surface area contributed by atoms with E-state index in [1.54, 1.807) is 13.8 Å². The van der Waals surface area contributed by atoms with Gasteiger partial charge < -0.3 is 14.4 Å². The smallest absolute Gasteiger partial charge is 0.0789 e. The number of carboxylic acid groups (broad SMARTS) is 1. The average Bonchev–Trinajstić information content (AvgIpc) is 2.60. The molecule has 3 heteroatoms. The highest BCUT2D eigenvalue weighted by atomic mass is 16.4. The van der Waals surface area contributed by atoms with Crippen molar-refractivity contribution in [2.24, 2.45) is 29.1 Å². The maximum atomic E-state index is 10.1. The summed E-state index contributed by atoms with van der Waals surface area (Å²) in [6, 6.07) is 0. The third kappa shape index (κ3) is 16.9. The molecule has 0 fully saturated rings. The van der Waals surface area contributed by atoms with Crippen LogP contribution in [0.3, 0.4) is 0 Å². The number of carbonyl (C=O) groups is 1. The van der Waals surface area contributed by atoms with Crippen LogP contribution in [-0.4, -0.2) is 36.6 Å². The van der Waals surface area contributed by atoms with Gasteiger partial charge in [-0.15, -0.1) is 0 Å². The van der Waals surface area contributed by atoms with Gasteiger partial charge in [0.2, 0.25) is 0 Å². The van der Waals surface area contributed by atoms with Gasteiger partial charge in [0.25, 0.3) is 0 Å². The lowest BCUT2D eigenvalue weighted by atomic mass is 9.91. The fourth-order valence-electron chi connectivity index (χ4n) is 2.94. The van der Waals surface area contributed by atoms with Crippen LogP contribution in [0.25, 0.3) is 0 Å². The number of carbonyl (C=O) groups excluding carboxylic acids is 1. The lowest BCUT2D eigenvalue weighted by Gasteiger charge is -2.41. The number of hydrogen-bond acceptors (Lipinski definition) is 2. The topological polar surface area (TPSA) is 40.1 Å². The Bertz CT molecular complexity index is 357. The van der Waals surface area contributed by atoms with E-state index >= 15 is 0 Å². The maximum absolute atomic E-state index is 10.1. The van der Waals surface area contributed by atoms with Crippen LogP contribution in [0, 0.1) is 29.1 Å². The molecule has 0 atom stereocenters. The molecule has 0 amide bonds.